The number of halogens is 1. The van der Waals surface area contributed by atoms with Gasteiger partial charge >= 0.3 is 0 Å². The van der Waals surface area contributed by atoms with E-state index in [1.165, 1.54) is 12.0 Å². The Morgan fingerprint density at radius 1 is 1.05 bits per heavy atom. The lowest BCUT2D eigenvalue weighted by atomic mass is 10.2. The zero-order valence-electron chi connectivity index (χ0n) is 11.6. The Hall–Kier alpha value is -2.40. The van der Waals surface area contributed by atoms with Crippen molar-refractivity contribution in [1.82, 2.24) is 14.8 Å². The second kappa shape index (κ2) is 5.42. The Kier molecular flexibility index (Phi) is 3.27. The zero-order chi connectivity index (χ0) is 14.9. The first kappa shape index (κ1) is 13.3. The molecule has 4 aromatic rings. The summed E-state index contributed by atoms with van der Waals surface area (Å²) in [6.45, 7) is 0.749. The number of fused-ring (bicyclic) bond motifs is 1. The molecule has 0 saturated carbocycles. The number of para-hydroxylation sites is 1. The fraction of sp³-hybridized carbons (Fsp3) is 0.0588. The van der Waals surface area contributed by atoms with Gasteiger partial charge in [-0.3, -0.25) is 0 Å². The number of nitrogens with zero attached hydrogens (tertiary/aromatic N) is 3. The van der Waals surface area contributed by atoms with E-state index in [-0.39, 0.29) is 0 Å². The molecule has 2 aromatic heterocycles. The van der Waals surface area contributed by atoms with E-state index >= 15 is 0 Å². The van der Waals surface area contributed by atoms with Crippen LogP contribution in [0.3, 0.4) is 0 Å². The van der Waals surface area contributed by atoms with Crippen molar-refractivity contribution in [1.29, 1.82) is 0 Å². The lowest BCUT2D eigenvalue weighted by molar-refractivity contribution is 0.562. The SMILES string of the molecule is Brc1ccc(Cn2c(-c3nnco3)cc3ccccc32)cc1. The zero-order valence-corrected chi connectivity index (χ0v) is 13.2. The van der Waals surface area contributed by atoms with E-state index in [1.807, 2.05) is 24.3 Å². The molecule has 0 bridgehead atoms. The molecule has 0 aliphatic rings. The number of rotatable bonds is 3. The summed E-state index contributed by atoms with van der Waals surface area (Å²) in [6.07, 6.45) is 1.36. The third kappa shape index (κ3) is 2.33. The molecule has 0 aliphatic heterocycles. The largest absolute Gasteiger partial charge is 0.422 e. The average Bonchev–Trinajstić information content (AvgIpc) is 3.18. The summed E-state index contributed by atoms with van der Waals surface area (Å²) < 4.78 is 8.67. The molecule has 4 rings (SSSR count). The molecule has 4 nitrogen and oxygen atoms in total. The van der Waals surface area contributed by atoms with Gasteiger partial charge in [0.05, 0.1) is 0 Å². The minimum absolute atomic E-state index is 0.535. The van der Waals surface area contributed by atoms with Crippen LogP contribution in [-0.2, 0) is 6.54 Å². The molecule has 0 aliphatic carbocycles. The smallest absolute Gasteiger partial charge is 0.264 e. The molecule has 22 heavy (non-hydrogen) atoms. The van der Waals surface area contributed by atoms with Crippen molar-refractivity contribution in [3.63, 3.8) is 0 Å². The summed E-state index contributed by atoms with van der Waals surface area (Å²) in [6, 6.07) is 18.7. The highest BCUT2D eigenvalue weighted by Crippen LogP contribution is 2.28. The van der Waals surface area contributed by atoms with Crippen molar-refractivity contribution < 1.29 is 4.42 Å². The van der Waals surface area contributed by atoms with Crippen LogP contribution in [0.15, 0.2) is 69.9 Å². The highest BCUT2D eigenvalue weighted by Gasteiger charge is 2.14. The lowest BCUT2D eigenvalue weighted by Crippen LogP contribution is -2.01. The molecule has 2 aromatic carbocycles. The van der Waals surface area contributed by atoms with Crippen molar-refractivity contribution in [2.45, 2.75) is 6.54 Å². The molecule has 108 valence electrons. The first-order valence-corrected chi connectivity index (χ1v) is 7.70. The monoisotopic (exact) mass is 353 g/mol. The maximum Gasteiger partial charge on any atom is 0.264 e. The predicted molar refractivity (Wildman–Crippen MR) is 88.5 cm³/mol. The fourth-order valence-corrected chi connectivity index (χ4v) is 2.88. The van der Waals surface area contributed by atoms with Gasteiger partial charge in [-0.2, -0.15) is 0 Å². The van der Waals surface area contributed by atoms with E-state index in [4.69, 9.17) is 4.42 Å². The van der Waals surface area contributed by atoms with Gasteiger partial charge in [0.2, 0.25) is 6.39 Å². The molecular weight excluding hydrogens is 342 g/mol. The quantitative estimate of drug-likeness (QED) is 0.544. The second-order valence-electron chi connectivity index (χ2n) is 5.04. The highest BCUT2D eigenvalue weighted by atomic mass is 79.9. The van der Waals surface area contributed by atoms with Gasteiger partial charge in [0.1, 0.15) is 5.69 Å². The molecule has 0 unspecified atom stereocenters. The number of hydrogen-bond donors (Lipinski definition) is 0. The Bertz CT molecular complexity index is 911. The Morgan fingerprint density at radius 2 is 1.86 bits per heavy atom. The predicted octanol–water partition coefficient (Wildman–Crippen LogP) is 4.50. The second-order valence-corrected chi connectivity index (χ2v) is 5.96. The molecule has 0 radical (unpaired) electrons. The highest BCUT2D eigenvalue weighted by molar-refractivity contribution is 9.10. The minimum Gasteiger partial charge on any atom is -0.422 e. The van der Waals surface area contributed by atoms with Gasteiger partial charge < -0.3 is 8.98 Å². The molecule has 0 spiro atoms. The Balaban J connectivity index is 1.87. The van der Waals surface area contributed by atoms with Crippen molar-refractivity contribution in [2.24, 2.45) is 0 Å². The van der Waals surface area contributed by atoms with Gasteiger partial charge in [-0.1, -0.05) is 46.3 Å². The van der Waals surface area contributed by atoms with E-state index in [2.05, 4.69) is 61.0 Å². The van der Waals surface area contributed by atoms with Crippen LogP contribution in [0.25, 0.3) is 22.5 Å². The third-order valence-electron chi connectivity index (χ3n) is 3.64. The van der Waals surface area contributed by atoms with Crippen LogP contribution in [0.4, 0.5) is 0 Å². The molecule has 0 saturated heterocycles. The molecule has 0 fully saturated rings. The first-order valence-electron chi connectivity index (χ1n) is 6.90. The molecule has 0 atom stereocenters. The number of benzene rings is 2. The van der Waals surface area contributed by atoms with Crippen molar-refractivity contribution >= 4 is 26.8 Å². The summed E-state index contributed by atoms with van der Waals surface area (Å²) in [5, 5.41) is 9.01. The molecule has 0 amide bonds. The molecule has 2 heterocycles. The third-order valence-corrected chi connectivity index (χ3v) is 4.17. The summed E-state index contributed by atoms with van der Waals surface area (Å²) in [4.78, 5) is 0. The van der Waals surface area contributed by atoms with Crippen LogP contribution in [0.1, 0.15) is 5.56 Å². The van der Waals surface area contributed by atoms with Crippen molar-refractivity contribution in [3.8, 4) is 11.6 Å². The van der Waals surface area contributed by atoms with E-state index in [0.29, 0.717) is 5.89 Å². The molecule has 0 N–H and O–H groups in total. The summed E-state index contributed by atoms with van der Waals surface area (Å²) >= 11 is 3.47. The van der Waals surface area contributed by atoms with Crippen LogP contribution in [0, 0.1) is 0 Å². The van der Waals surface area contributed by atoms with E-state index in [1.54, 1.807) is 0 Å². The summed E-state index contributed by atoms with van der Waals surface area (Å²) in [5.74, 6) is 0.535. The summed E-state index contributed by atoms with van der Waals surface area (Å²) in [5.41, 5.74) is 3.30. The van der Waals surface area contributed by atoms with Crippen LogP contribution in [0.5, 0.6) is 0 Å². The Labute approximate surface area is 135 Å². The average molecular weight is 354 g/mol. The van der Waals surface area contributed by atoms with Crippen LogP contribution >= 0.6 is 15.9 Å². The maximum atomic E-state index is 5.40. The van der Waals surface area contributed by atoms with Gasteiger partial charge in [-0.05, 0) is 29.8 Å². The van der Waals surface area contributed by atoms with Crippen molar-refractivity contribution in [2.75, 3.05) is 0 Å². The minimum atomic E-state index is 0.535. The normalized spacial score (nSPS) is 11.1. The first-order chi connectivity index (χ1) is 10.8. The molecule has 5 heteroatoms. The van der Waals surface area contributed by atoms with Gasteiger partial charge in [0.15, 0.2) is 0 Å². The summed E-state index contributed by atoms with van der Waals surface area (Å²) in [7, 11) is 0. The lowest BCUT2D eigenvalue weighted by Gasteiger charge is -2.09. The number of aromatic nitrogens is 3. The number of hydrogen-bond acceptors (Lipinski definition) is 3. The Morgan fingerprint density at radius 3 is 2.64 bits per heavy atom. The maximum absolute atomic E-state index is 5.40. The standard InChI is InChI=1S/C17H12BrN3O/c18-14-7-5-12(6-8-14)10-21-15-4-2-1-3-13(15)9-16(21)17-20-19-11-22-17/h1-9,11H,10H2. The van der Waals surface area contributed by atoms with Crippen LogP contribution in [0.2, 0.25) is 0 Å². The van der Waals surface area contributed by atoms with E-state index in [9.17, 15) is 0 Å². The van der Waals surface area contributed by atoms with E-state index in [0.717, 1.165) is 27.6 Å². The van der Waals surface area contributed by atoms with Crippen LogP contribution in [-0.4, -0.2) is 14.8 Å². The topological polar surface area (TPSA) is 43.9 Å². The van der Waals surface area contributed by atoms with Gasteiger partial charge in [0.25, 0.3) is 5.89 Å². The molecular formula is C17H12BrN3O. The van der Waals surface area contributed by atoms with Gasteiger partial charge in [0, 0.05) is 21.9 Å². The van der Waals surface area contributed by atoms with E-state index < -0.39 is 0 Å². The van der Waals surface area contributed by atoms with Crippen LogP contribution < -0.4 is 0 Å². The van der Waals surface area contributed by atoms with Gasteiger partial charge in [-0.25, -0.2) is 0 Å². The fourth-order valence-electron chi connectivity index (χ4n) is 2.61. The van der Waals surface area contributed by atoms with Gasteiger partial charge in [-0.15, -0.1) is 10.2 Å². The van der Waals surface area contributed by atoms with Crippen molar-refractivity contribution in [3.05, 3.63) is 71.0 Å².